The lowest BCUT2D eigenvalue weighted by molar-refractivity contribution is 0.0303. The van der Waals surface area contributed by atoms with Gasteiger partial charge in [-0.05, 0) is 41.0 Å². The molecule has 1 aliphatic rings. The molecule has 1 saturated heterocycles. The summed E-state index contributed by atoms with van der Waals surface area (Å²) in [6.07, 6.45) is 0. The molecule has 0 spiro atoms. The number of hydrogen-bond acceptors (Lipinski definition) is 5. The van der Waals surface area contributed by atoms with E-state index in [4.69, 9.17) is 4.74 Å². The molecule has 34 heavy (non-hydrogen) atoms. The van der Waals surface area contributed by atoms with Gasteiger partial charge >= 0.3 is 0 Å². The minimum atomic E-state index is 0.0701. The van der Waals surface area contributed by atoms with Crippen LogP contribution in [-0.2, 0) is 10.5 Å². The Labute approximate surface area is 203 Å². The van der Waals surface area contributed by atoms with E-state index in [1.807, 2.05) is 59.5 Å². The van der Waals surface area contributed by atoms with Crippen LogP contribution in [0.25, 0.3) is 22.4 Å². The average Bonchev–Trinajstić information content (AvgIpc) is 2.93. The zero-order valence-electron chi connectivity index (χ0n) is 18.8. The van der Waals surface area contributed by atoms with E-state index in [2.05, 4.69) is 46.6 Å². The number of thioether (sulfide) groups is 1. The van der Waals surface area contributed by atoms with Crippen LogP contribution in [0.3, 0.4) is 0 Å². The molecular weight excluding hydrogens is 442 g/mol. The highest BCUT2D eigenvalue weighted by molar-refractivity contribution is 7.98. The summed E-state index contributed by atoms with van der Waals surface area (Å²) < 4.78 is 5.32. The van der Waals surface area contributed by atoms with Gasteiger partial charge in [-0.15, -0.1) is 10.2 Å². The van der Waals surface area contributed by atoms with Gasteiger partial charge in [-0.2, -0.15) is 0 Å². The Bertz CT molecular complexity index is 1220. The molecule has 5 nitrogen and oxygen atoms in total. The van der Waals surface area contributed by atoms with Crippen molar-refractivity contribution in [2.24, 2.45) is 0 Å². The Balaban J connectivity index is 1.17. The molecule has 1 aromatic heterocycles. The molecule has 1 fully saturated rings. The van der Waals surface area contributed by atoms with Crippen LogP contribution in [-0.4, -0.2) is 47.3 Å². The summed E-state index contributed by atoms with van der Waals surface area (Å²) in [6, 6.07) is 30.6. The fourth-order valence-corrected chi connectivity index (χ4v) is 4.63. The molecule has 6 heteroatoms. The van der Waals surface area contributed by atoms with Crippen molar-refractivity contribution in [2.45, 2.75) is 10.8 Å². The van der Waals surface area contributed by atoms with Crippen LogP contribution >= 0.6 is 11.8 Å². The first-order valence-electron chi connectivity index (χ1n) is 11.3. The van der Waals surface area contributed by atoms with Gasteiger partial charge in [0.15, 0.2) is 0 Å². The molecule has 0 atom stereocenters. The van der Waals surface area contributed by atoms with Crippen LogP contribution < -0.4 is 0 Å². The van der Waals surface area contributed by atoms with Gasteiger partial charge in [0.2, 0.25) is 0 Å². The van der Waals surface area contributed by atoms with Crippen LogP contribution in [0.4, 0.5) is 0 Å². The summed E-state index contributed by atoms with van der Waals surface area (Å²) in [7, 11) is 0. The normalized spacial score (nSPS) is 13.6. The number of ether oxygens (including phenoxy) is 1. The molecule has 2 heterocycles. The highest BCUT2D eigenvalue weighted by Crippen LogP contribution is 2.26. The number of rotatable bonds is 6. The zero-order chi connectivity index (χ0) is 23.2. The lowest BCUT2D eigenvalue weighted by Crippen LogP contribution is -2.40. The second-order valence-corrected chi connectivity index (χ2v) is 9.09. The quantitative estimate of drug-likeness (QED) is 0.347. The molecule has 0 bridgehead atoms. The van der Waals surface area contributed by atoms with Crippen LogP contribution in [0, 0.1) is 0 Å². The molecule has 0 N–H and O–H groups in total. The first kappa shape index (κ1) is 22.3. The summed E-state index contributed by atoms with van der Waals surface area (Å²) >= 11 is 1.63. The van der Waals surface area contributed by atoms with Crippen molar-refractivity contribution in [1.82, 2.24) is 15.1 Å². The molecule has 0 aliphatic carbocycles. The van der Waals surface area contributed by atoms with Gasteiger partial charge in [0, 0.05) is 30.0 Å². The van der Waals surface area contributed by atoms with E-state index in [0.717, 1.165) is 33.2 Å². The number of aromatic nitrogens is 2. The minimum absolute atomic E-state index is 0.0701. The molecular formula is C28H25N3O2S. The van der Waals surface area contributed by atoms with E-state index in [1.165, 1.54) is 11.1 Å². The van der Waals surface area contributed by atoms with E-state index in [0.29, 0.717) is 26.3 Å². The average molecular weight is 468 g/mol. The first-order valence-corrected chi connectivity index (χ1v) is 12.3. The number of carbonyl (C=O) groups excluding carboxylic acids is 1. The van der Waals surface area contributed by atoms with E-state index < -0.39 is 0 Å². The molecule has 0 unspecified atom stereocenters. The van der Waals surface area contributed by atoms with E-state index in [9.17, 15) is 4.79 Å². The Morgan fingerprint density at radius 2 is 1.44 bits per heavy atom. The van der Waals surface area contributed by atoms with Crippen molar-refractivity contribution >= 4 is 17.7 Å². The predicted octanol–water partition coefficient (Wildman–Crippen LogP) is 5.58. The summed E-state index contributed by atoms with van der Waals surface area (Å²) in [6.45, 7) is 2.53. The number of carbonyl (C=O) groups is 1. The van der Waals surface area contributed by atoms with Crippen molar-refractivity contribution in [3.63, 3.8) is 0 Å². The molecule has 3 aromatic carbocycles. The summed E-state index contributed by atoms with van der Waals surface area (Å²) in [5.74, 6) is 0.840. The van der Waals surface area contributed by atoms with Crippen LogP contribution in [0.1, 0.15) is 15.9 Å². The minimum Gasteiger partial charge on any atom is -0.378 e. The number of nitrogens with zero attached hydrogens (tertiary/aromatic N) is 3. The Morgan fingerprint density at radius 3 is 2.12 bits per heavy atom. The number of morpholine rings is 1. The van der Waals surface area contributed by atoms with Crippen molar-refractivity contribution in [3.05, 3.63) is 102 Å². The van der Waals surface area contributed by atoms with Crippen LogP contribution in [0.15, 0.2) is 96.0 Å². The van der Waals surface area contributed by atoms with Gasteiger partial charge in [0.05, 0.1) is 18.9 Å². The Morgan fingerprint density at radius 1 is 0.765 bits per heavy atom. The lowest BCUT2D eigenvalue weighted by Gasteiger charge is -2.26. The van der Waals surface area contributed by atoms with Gasteiger partial charge in [-0.3, -0.25) is 4.79 Å². The zero-order valence-corrected chi connectivity index (χ0v) is 19.6. The largest absolute Gasteiger partial charge is 0.378 e. The van der Waals surface area contributed by atoms with E-state index in [-0.39, 0.29) is 5.91 Å². The standard InChI is InChI=1S/C28H25N3O2S/c32-28(31-16-18-33-19-17-31)25-8-6-21(7-9-25)20-34-27-15-14-26(29-30-27)24-12-10-23(11-13-24)22-4-2-1-3-5-22/h1-15H,16-20H2. The maximum Gasteiger partial charge on any atom is 0.254 e. The SMILES string of the molecule is O=C(c1ccc(CSc2ccc(-c3ccc(-c4ccccc4)cc3)nn2)cc1)N1CCOCC1. The molecule has 0 radical (unpaired) electrons. The van der Waals surface area contributed by atoms with E-state index in [1.54, 1.807) is 11.8 Å². The number of hydrogen-bond donors (Lipinski definition) is 0. The van der Waals surface area contributed by atoms with Crippen LogP contribution in [0.5, 0.6) is 0 Å². The third kappa shape index (κ3) is 5.35. The van der Waals surface area contributed by atoms with Gasteiger partial charge in [-0.25, -0.2) is 0 Å². The molecule has 5 rings (SSSR count). The maximum atomic E-state index is 12.6. The molecule has 1 amide bonds. The first-order chi connectivity index (χ1) is 16.8. The topological polar surface area (TPSA) is 55.3 Å². The van der Waals surface area contributed by atoms with Crippen molar-refractivity contribution < 1.29 is 9.53 Å². The van der Waals surface area contributed by atoms with E-state index >= 15 is 0 Å². The van der Waals surface area contributed by atoms with Crippen LogP contribution in [0.2, 0.25) is 0 Å². The maximum absolute atomic E-state index is 12.6. The number of benzene rings is 3. The second kappa shape index (κ2) is 10.6. The fourth-order valence-electron chi connectivity index (χ4n) is 3.86. The second-order valence-electron chi connectivity index (χ2n) is 8.09. The van der Waals surface area contributed by atoms with Crippen molar-refractivity contribution in [1.29, 1.82) is 0 Å². The smallest absolute Gasteiger partial charge is 0.254 e. The van der Waals surface area contributed by atoms with Gasteiger partial charge in [-0.1, -0.05) is 78.5 Å². The predicted molar refractivity (Wildman–Crippen MR) is 136 cm³/mol. The molecule has 0 saturated carbocycles. The molecule has 4 aromatic rings. The number of amides is 1. The van der Waals surface area contributed by atoms with Gasteiger partial charge in [0.1, 0.15) is 5.03 Å². The van der Waals surface area contributed by atoms with Crippen molar-refractivity contribution in [3.8, 4) is 22.4 Å². The Kier molecular flexibility index (Phi) is 6.98. The van der Waals surface area contributed by atoms with Gasteiger partial charge in [0.25, 0.3) is 5.91 Å². The van der Waals surface area contributed by atoms with Crippen molar-refractivity contribution in [2.75, 3.05) is 26.3 Å². The monoisotopic (exact) mass is 467 g/mol. The molecule has 1 aliphatic heterocycles. The molecule has 170 valence electrons. The summed E-state index contributed by atoms with van der Waals surface area (Å²) in [5.41, 5.74) is 6.15. The van der Waals surface area contributed by atoms with Gasteiger partial charge < -0.3 is 9.64 Å². The Hall–Kier alpha value is -3.48. The third-order valence-corrected chi connectivity index (χ3v) is 6.80. The highest BCUT2D eigenvalue weighted by Gasteiger charge is 2.18. The lowest BCUT2D eigenvalue weighted by atomic mass is 10.0. The summed E-state index contributed by atoms with van der Waals surface area (Å²) in [4.78, 5) is 14.4. The highest BCUT2D eigenvalue weighted by atomic mass is 32.2. The summed E-state index contributed by atoms with van der Waals surface area (Å²) in [5, 5.41) is 9.69. The fraction of sp³-hybridized carbons (Fsp3) is 0.179. The third-order valence-electron chi connectivity index (χ3n) is 5.81.